The number of carboxylic acid groups (broad SMARTS) is 1. The number of hydrogen-bond donors (Lipinski definition) is 2. The van der Waals surface area contributed by atoms with Gasteiger partial charge in [0.05, 0.1) is 19.2 Å². The van der Waals surface area contributed by atoms with Gasteiger partial charge in [0, 0.05) is 0 Å². The van der Waals surface area contributed by atoms with Gasteiger partial charge in [0.15, 0.2) is 0 Å². The largest absolute Gasteiger partial charge is 0.480 e. The number of carbonyl (C=O) groups excluding carboxylic acids is 2. The quantitative estimate of drug-likeness (QED) is 0.651. The van der Waals surface area contributed by atoms with E-state index in [9.17, 15) is 19.5 Å². The average molecular weight is 350 g/mol. The highest BCUT2D eigenvalue weighted by Crippen LogP contribution is 2.38. The van der Waals surface area contributed by atoms with Crippen LogP contribution in [-0.4, -0.2) is 47.0 Å². The first-order chi connectivity index (χ1) is 11.6. The van der Waals surface area contributed by atoms with Crippen LogP contribution in [0.1, 0.15) is 33.3 Å². The third-order valence-electron chi connectivity index (χ3n) is 3.88. The Labute approximate surface area is 147 Å². The summed E-state index contributed by atoms with van der Waals surface area (Å²) in [5.74, 6) is -2.87. The van der Waals surface area contributed by atoms with Crippen molar-refractivity contribution in [3.8, 4) is 0 Å². The summed E-state index contributed by atoms with van der Waals surface area (Å²) in [6.07, 6.45) is -0.394. The van der Waals surface area contributed by atoms with Crippen molar-refractivity contribution in [1.82, 2.24) is 4.90 Å². The zero-order valence-corrected chi connectivity index (χ0v) is 15.1. The lowest BCUT2D eigenvalue weighted by molar-refractivity contribution is -0.169. The Morgan fingerprint density at radius 1 is 1.12 bits per heavy atom. The fourth-order valence-corrected chi connectivity index (χ4v) is 3.02. The number of amides is 1. The van der Waals surface area contributed by atoms with Gasteiger partial charge in [-0.2, -0.15) is 0 Å². The van der Waals surface area contributed by atoms with Crippen LogP contribution in [0, 0.1) is 5.92 Å². The van der Waals surface area contributed by atoms with Crippen molar-refractivity contribution in [2.24, 2.45) is 11.7 Å². The second kappa shape index (κ2) is 8.62. The predicted molar refractivity (Wildman–Crippen MR) is 92.6 cm³/mol. The second-order valence-corrected chi connectivity index (χ2v) is 6.46. The van der Waals surface area contributed by atoms with E-state index in [1.54, 1.807) is 58.0 Å². The molecule has 1 unspecified atom stereocenters. The molecule has 1 amide bonds. The summed E-state index contributed by atoms with van der Waals surface area (Å²) in [6.45, 7) is 6.08. The van der Waals surface area contributed by atoms with Gasteiger partial charge in [0.25, 0.3) is 0 Å². The van der Waals surface area contributed by atoms with Crippen LogP contribution in [0.3, 0.4) is 0 Å². The van der Waals surface area contributed by atoms with E-state index in [1.807, 2.05) is 0 Å². The molecule has 0 fully saturated rings. The maximum Gasteiger partial charge on any atom is 0.331 e. The molecule has 7 heteroatoms. The third-order valence-corrected chi connectivity index (χ3v) is 3.88. The van der Waals surface area contributed by atoms with Crippen LogP contribution >= 0.6 is 0 Å². The minimum absolute atomic E-state index is 0.375. The molecule has 1 aromatic rings. The number of ether oxygens (including phenoxy) is 1. The molecule has 7 nitrogen and oxygen atoms in total. The van der Waals surface area contributed by atoms with Crippen molar-refractivity contribution in [3.05, 3.63) is 35.9 Å². The molecule has 1 rings (SSSR count). The van der Waals surface area contributed by atoms with Crippen LogP contribution < -0.4 is 5.73 Å². The fourth-order valence-electron chi connectivity index (χ4n) is 3.02. The molecule has 3 N–H and O–H groups in total. The first-order valence-electron chi connectivity index (χ1n) is 8.14. The zero-order chi connectivity index (χ0) is 19.2. The number of nitrogens with zero attached hydrogens (tertiary/aromatic N) is 1. The molecular formula is C18H26N2O5. The molecule has 0 bridgehead atoms. The molecule has 0 aromatic heterocycles. The van der Waals surface area contributed by atoms with Crippen LogP contribution in [0.5, 0.6) is 0 Å². The number of esters is 1. The van der Waals surface area contributed by atoms with E-state index in [0.29, 0.717) is 5.56 Å². The van der Waals surface area contributed by atoms with Crippen LogP contribution in [0.4, 0.5) is 0 Å². The van der Waals surface area contributed by atoms with Gasteiger partial charge in [-0.1, -0.05) is 44.2 Å². The first kappa shape index (κ1) is 20.6. The molecule has 0 saturated heterocycles. The number of hydrogen-bond acceptors (Lipinski definition) is 5. The van der Waals surface area contributed by atoms with E-state index in [1.165, 1.54) is 4.90 Å². The monoisotopic (exact) mass is 350 g/mol. The fraction of sp³-hybridized carbons (Fsp3) is 0.500. The van der Waals surface area contributed by atoms with E-state index < -0.39 is 36.0 Å². The number of aliphatic carboxylic acids is 1. The van der Waals surface area contributed by atoms with Crippen LogP contribution in [0.2, 0.25) is 0 Å². The van der Waals surface area contributed by atoms with Gasteiger partial charge in [-0.3, -0.25) is 14.5 Å². The number of primary amides is 1. The Balaban J connectivity index is 3.63. The number of benzene rings is 1. The lowest BCUT2D eigenvalue weighted by Crippen LogP contribution is -2.59. The van der Waals surface area contributed by atoms with Crippen molar-refractivity contribution in [2.45, 2.75) is 39.3 Å². The van der Waals surface area contributed by atoms with Crippen LogP contribution in [0.15, 0.2) is 30.3 Å². The van der Waals surface area contributed by atoms with E-state index in [0.717, 1.165) is 0 Å². The van der Waals surface area contributed by atoms with Gasteiger partial charge in [-0.15, -0.1) is 0 Å². The van der Waals surface area contributed by atoms with E-state index in [2.05, 4.69) is 0 Å². The van der Waals surface area contributed by atoms with Gasteiger partial charge in [0.1, 0.15) is 5.54 Å². The molecular weight excluding hydrogens is 324 g/mol. The summed E-state index contributed by atoms with van der Waals surface area (Å²) >= 11 is 0. The van der Waals surface area contributed by atoms with E-state index in [4.69, 9.17) is 10.5 Å². The molecule has 1 atom stereocenters. The maximum absolute atomic E-state index is 13.1. The highest BCUT2D eigenvalue weighted by molar-refractivity contribution is 5.86. The predicted octanol–water partition coefficient (Wildman–Crippen LogP) is 1.36. The third kappa shape index (κ3) is 4.79. The van der Waals surface area contributed by atoms with Crippen molar-refractivity contribution >= 4 is 17.8 Å². The summed E-state index contributed by atoms with van der Waals surface area (Å²) in [7, 11) is 0. The first-order valence-corrected chi connectivity index (χ1v) is 8.14. The lowest BCUT2D eigenvalue weighted by atomic mass is 9.77. The summed E-state index contributed by atoms with van der Waals surface area (Å²) in [5, 5.41) is 9.31. The summed E-state index contributed by atoms with van der Waals surface area (Å²) < 4.78 is 5.45. The normalized spacial score (nSPS) is 13.7. The SMILES string of the molecule is CC(C)OC(=O)C(c1ccccc1)(C(C)C)N(CC(N)=O)CC(=O)O. The number of rotatable bonds is 9. The van der Waals surface area contributed by atoms with E-state index in [-0.39, 0.29) is 12.5 Å². The smallest absolute Gasteiger partial charge is 0.331 e. The minimum Gasteiger partial charge on any atom is -0.480 e. The Morgan fingerprint density at radius 3 is 2.08 bits per heavy atom. The molecule has 1 aromatic carbocycles. The lowest BCUT2D eigenvalue weighted by Gasteiger charge is -2.44. The van der Waals surface area contributed by atoms with Gasteiger partial charge in [-0.05, 0) is 25.3 Å². The molecule has 0 aliphatic carbocycles. The number of nitrogens with two attached hydrogens (primary N) is 1. The highest BCUT2D eigenvalue weighted by atomic mass is 16.5. The Hall–Kier alpha value is -2.41. The van der Waals surface area contributed by atoms with Crippen molar-refractivity contribution in [1.29, 1.82) is 0 Å². The van der Waals surface area contributed by atoms with E-state index >= 15 is 0 Å². The summed E-state index contributed by atoms with van der Waals surface area (Å²) in [5.41, 5.74) is 4.43. The average Bonchev–Trinajstić information content (AvgIpc) is 2.46. The maximum atomic E-state index is 13.1. The molecule has 0 saturated carbocycles. The molecule has 138 valence electrons. The Kier molecular flexibility index (Phi) is 7.11. The standard InChI is InChI=1S/C18H26N2O5/c1-12(2)18(17(24)25-13(3)4,14-8-6-5-7-9-14)20(10-15(19)21)11-16(22)23/h5-9,12-13H,10-11H2,1-4H3,(H2,19,21)(H,22,23). The van der Waals surface area contributed by atoms with Crippen molar-refractivity contribution in [3.63, 3.8) is 0 Å². The molecule has 0 radical (unpaired) electrons. The molecule has 0 aliphatic rings. The number of carboxylic acids is 1. The zero-order valence-electron chi connectivity index (χ0n) is 15.1. The van der Waals surface area contributed by atoms with Crippen molar-refractivity contribution < 1.29 is 24.2 Å². The molecule has 0 spiro atoms. The summed E-state index contributed by atoms with van der Waals surface area (Å²) in [4.78, 5) is 37.4. The van der Waals surface area contributed by atoms with Gasteiger partial charge in [0.2, 0.25) is 5.91 Å². The van der Waals surface area contributed by atoms with Crippen molar-refractivity contribution in [2.75, 3.05) is 13.1 Å². The van der Waals surface area contributed by atoms with Crippen LogP contribution in [-0.2, 0) is 24.7 Å². The minimum atomic E-state index is -1.45. The summed E-state index contributed by atoms with van der Waals surface area (Å²) in [6, 6.07) is 8.73. The topological polar surface area (TPSA) is 110 Å². The van der Waals surface area contributed by atoms with Crippen LogP contribution in [0.25, 0.3) is 0 Å². The molecule has 25 heavy (non-hydrogen) atoms. The molecule has 0 aliphatic heterocycles. The van der Waals surface area contributed by atoms with Gasteiger partial charge < -0.3 is 15.6 Å². The van der Waals surface area contributed by atoms with Gasteiger partial charge in [-0.25, -0.2) is 4.79 Å². The second-order valence-electron chi connectivity index (χ2n) is 6.46. The van der Waals surface area contributed by atoms with Gasteiger partial charge >= 0.3 is 11.9 Å². The highest BCUT2D eigenvalue weighted by Gasteiger charge is 2.51. The number of carbonyl (C=O) groups is 3. The molecule has 0 heterocycles. The Morgan fingerprint density at radius 2 is 1.68 bits per heavy atom. The Bertz CT molecular complexity index is 599.